The number of rotatable bonds is 12. The van der Waals surface area contributed by atoms with Crippen molar-refractivity contribution in [2.24, 2.45) is 0 Å². The molecule has 0 aliphatic rings. The maximum atomic E-state index is 13.7. The maximum Gasteiger partial charge on any atom is 0.416 e. The molecule has 13 heteroatoms. The van der Waals surface area contributed by atoms with E-state index in [4.69, 9.17) is 22.2 Å². The highest BCUT2D eigenvalue weighted by Gasteiger charge is 2.34. The molecule has 0 aliphatic carbocycles. The summed E-state index contributed by atoms with van der Waals surface area (Å²) < 4.78 is 47.9. The third-order valence-electron chi connectivity index (χ3n) is 6.30. The normalized spacial score (nSPS) is 11.4. The predicted molar refractivity (Wildman–Crippen MR) is 157 cm³/mol. The molecular weight excluding hydrogens is 581 g/mol. The zero-order valence-corrected chi connectivity index (χ0v) is 24.9. The van der Waals surface area contributed by atoms with Gasteiger partial charge in [-0.15, -0.1) is 0 Å². The standard InChI is InChI=1S/C30H33F3N6O3S/c1-4-42-27(41)16-36-28(43)38(18-23-7-5-6-8-25(23)30(31,32)33)19-29(2,3)37-26(40)13-24-15-35-20-39(24)17-22-11-9-21(14-34)10-12-22/h5-12,15,20H,4,13,16-19H2,1-3H3,(H,36,43)(H,37,40). The first-order valence-corrected chi connectivity index (χ1v) is 13.8. The van der Waals surface area contributed by atoms with Crippen LogP contribution >= 0.6 is 12.2 Å². The molecule has 228 valence electrons. The van der Waals surface area contributed by atoms with E-state index in [1.54, 1.807) is 45.4 Å². The highest BCUT2D eigenvalue weighted by molar-refractivity contribution is 7.80. The quantitative estimate of drug-likeness (QED) is 0.231. The number of thiocarbonyl (C=S) groups is 1. The second-order valence-corrected chi connectivity index (χ2v) is 10.8. The van der Waals surface area contributed by atoms with E-state index in [0.717, 1.165) is 11.6 Å². The van der Waals surface area contributed by atoms with Crippen LogP contribution in [0.2, 0.25) is 0 Å². The van der Waals surface area contributed by atoms with Crippen LogP contribution in [0.1, 0.15) is 48.7 Å². The second-order valence-electron chi connectivity index (χ2n) is 10.4. The third-order valence-corrected chi connectivity index (χ3v) is 6.70. The number of benzene rings is 2. The smallest absolute Gasteiger partial charge is 0.416 e. The average molecular weight is 615 g/mol. The van der Waals surface area contributed by atoms with Crippen LogP contribution in [0.3, 0.4) is 0 Å². The Balaban J connectivity index is 1.73. The van der Waals surface area contributed by atoms with Crippen molar-refractivity contribution < 1.29 is 27.5 Å². The Labute approximate surface area is 253 Å². The van der Waals surface area contributed by atoms with Crippen LogP contribution in [0.15, 0.2) is 61.1 Å². The molecule has 0 spiro atoms. The van der Waals surface area contributed by atoms with Crippen molar-refractivity contribution in [3.8, 4) is 6.07 Å². The minimum Gasteiger partial charge on any atom is -0.465 e. The van der Waals surface area contributed by atoms with Gasteiger partial charge in [-0.3, -0.25) is 9.59 Å². The number of nitriles is 1. The van der Waals surface area contributed by atoms with Gasteiger partial charge in [0, 0.05) is 31.5 Å². The van der Waals surface area contributed by atoms with E-state index in [1.165, 1.54) is 23.1 Å². The van der Waals surface area contributed by atoms with E-state index in [0.29, 0.717) is 17.8 Å². The van der Waals surface area contributed by atoms with Gasteiger partial charge in [-0.1, -0.05) is 30.3 Å². The molecule has 0 unspecified atom stereocenters. The Morgan fingerprint density at radius 2 is 1.84 bits per heavy atom. The second kappa shape index (κ2) is 14.6. The fourth-order valence-electron chi connectivity index (χ4n) is 4.43. The maximum absolute atomic E-state index is 13.7. The summed E-state index contributed by atoms with van der Waals surface area (Å²) in [5.41, 5.74) is 0.369. The van der Waals surface area contributed by atoms with Crippen molar-refractivity contribution in [2.75, 3.05) is 19.7 Å². The molecule has 2 aromatic carbocycles. The van der Waals surface area contributed by atoms with Gasteiger partial charge < -0.3 is 24.8 Å². The zero-order valence-electron chi connectivity index (χ0n) is 24.1. The van der Waals surface area contributed by atoms with Crippen LogP contribution in [0.4, 0.5) is 13.2 Å². The van der Waals surface area contributed by atoms with Gasteiger partial charge in [-0.05, 0) is 62.3 Å². The van der Waals surface area contributed by atoms with Crippen LogP contribution in [0.5, 0.6) is 0 Å². The number of amides is 1. The van der Waals surface area contributed by atoms with Crippen molar-refractivity contribution in [1.82, 2.24) is 25.1 Å². The van der Waals surface area contributed by atoms with Crippen LogP contribution in [0.25, 0.3) is 0 Å². The van der Waals surface area contributed by atoms with Crippen molar-refractivity contribution in [1.29, 1.82) is 5.26 Å². The lowest BCUT2D eigenvalue weighted by Crippen LogP contribution is -2.55. The number of aromatic nitrogens is 2. The molecule has 3 aromatic rings. The van der Waals surface area contributed by atoms with Crippen LogP contribution in [-0.4, -0.2) is 56.7 Å². The number of imidazole rings is 1. The molecule has 0 atom stereocenters. The predicted octanol–water partition coefficient (Wildman–Crippen LogP) is 4.20. The molecular formula is C30H33F3N6O3S. The Morgan fingerprint density at radius 3 is 2.49 bits per heavy atom. The van der Waals surface area contributed by atoms with Gasteiger partial charge in [0.05, 0.1) is 42.1 Å². The first-order chi connectivity index (χ1) is 20.3. The SMILES string of the molecule is CCOC(=O)CNC(=S)N(Cc1ccccc1C(F)(F)F)CC(C)(C)NC(=O)Cc1cncn1Cc1ccc(C#N)cc1. The number of esters is 1. The number of carbonyl (C=O) groups excluding carboxylic acids is 2. The summed E-state index contributed by atoms with van der Waals surface area (Å²) in [5.74, 6) is -0.890. The summed E-state index contributed by atoms with van der Waals surface area (Å²) in [7, 11) is 0. The zero-order chi connectivity index (χ0) is 31.6. The van der Waals surface area contributed by atoms with Gasteiger partial charge in [-0.25, -0.2) is 4.98 Å². The Morgan fingerprint density at radius 1 is 1.14 bits per heavy atom. The lowest BCUT2D eigenvalue weighted by Gasteiger charge is -2.35. The van der Waals surface area contributed by atoms with Crippen LogP contribution < -0.4 is 10.6 Å². The number of nitrogens with one attached hydrogen (secondary N) is 2. The minimum absolute atomic E-state index is 0.00215. The molecule has 0 saturated carbocycles. The molecule has 0 saturated heterocycles. The van der Waals surface area contributed by atoms with E-state index in [9.17, 15) is 22.8 Å². The molecule has 0 aliphatic heterocycles. The molecule has 0 fully saturated rings. The Hall–Kier alpha value is -4.44. The van der Waals surface area contributed by atoms with E-state index < -0.39 is 23.2 Å². The molecule has 2 N–H and O–H groups in total. The van der Waals surface area contributed by atoms with Gasteiger partial charge >= 0.3 is 12.1 Å². The summed E-state index contributed by atoms with van der Waals surface area (Å²) in [4.78, 5) is 30.7. The number of halogens is 3. The minimum atomic E-state index is -4.58. The van der Waals surface area contributed by atoms with Crippen LogP contribution in [-0.2, 0) is 40.0 Å². The fourth-order valence-corrected chi connectivity index (χ4v) is 4.63. The van der Waals surface area contributed by atoms with Crippen molar-refractivity contribution in [2.45, 2.75) is 52.0 Å². The molecule has 1 aromatic heterocycles. The molecule has 3 rings (SSSR count). The summed E-state index contributed by atoms with van der Waals surface area (Å²) in [5, 5.41) is 14.7. The summed E-state index contributed by atoms with van der Waals surface area (Å²) in [6, 6.07) is 14.3. The van der Waals surface area contributed by atoms with E-state index in [1.807, 2.05) is 16.7 Å². The monoisotopic (exact) mass is 614 g/mol. The van der Waals surface area contributed by atoms with Crippen molar-refractivity contribution in [3.63, 3.8) is 0 Å². The average Bonchev–Trinajstić information content (AvgIpc) is 3.37. The number of hydrogen-bond donors (Lipinski definition) is 2. The Kier molecular flexibility index (Phi) is 11.3. The first kappa shape index (κ1) is 33.1. The number of nitrogens with zero attached hydrogens (tertiary/aromatic N) is 4. The molecule has 43 heavy (non-hydrogen) atoms. The number of carbonyl (C=O) groups is 2. The number of hydrogen-bond acceptors (Lipinski definition) is 6. The third kappa shape index (κ3) is 10.1. The van der Waals surface area contributed by atoms with Crippen LogP contribution in [0, 0.1) is 11.3 Å². The topological polar surface area (TPSA) is 112 Å². The molecule has 9 nitrogen and oxygen atoms in total. The lowest BCUT2D eigenvalue weighted by molar-refractivity contribution is -0.141. The Bertz CT molecular complexity index is 1460. The van der Waals surface area contributed by atoms with Gasteiger partial charge in [-0.2, -0.15) is 18.4 Å². The van der Waals surface area contributed by atoms with E-state index in [-0.39, 0.29) is 49.2 Å². The summed E-state index contributed by atoms with van der Waals surface area (Å²) >= 11 is 5.47. The number of ether oxygens (including phenoxy) is 1. The highest BCUT2D eigenvalue weighted by atomic mass is 32.1. The lowest BCUT2D eigenvalue weighted by atomic mass is 10.0. The molecule has 1 heterocycles. The fraction of sp³-hybridized carbons (Fsp3) is 0.367. The van der Waals surface area contributed by atoms with Gasteiger partial charge in [0.25, 0.3) is 0 Å². The first-order valence-electron chi connectivity index (χ1n) is 13.4. The molecule has 1 amide bonds. The van der Waals surface area contributed by atoms with E-state index in [2.05, 4.69) is 21.7 Å². The van der Waals surface area contributed by atoms with Gasteiger partial charge in [0.15, 0.2) is 5.11 Å². The van der Waals surface area contributed by atoms with Gasteiger partial charge in [0.2, 0.25) is 5.91 Å². The van der Waals surface area contributed by atoms with Crippen molar-refractivity contribution >= 4 is 29.2 Å². The van der Waals surface area contributed by atoms with Gasteiger partial charge in [0.1, 0.15) is 6.54 Å². The van der Waals surface area contributed by atoms with E-state index >= 15 is 0 Å². The molecule has 0 radical (unpaired) electrons. The highest BCUT2D eigenvalue weighted by Crippen LogP contribution is 2.32. The molecule has 0 bridgehead atoms. The largest absolute Gasteiger partial charge is 0.465 e. The number of alkyl halides is 3. The summed E-state index contributed by atoms with van der Waals surface area (Å²) in [6.45, 7) is 5.28. The summed E-state index contributed by atoms with van der Waals surface area (Å²) in [6.07, 6.45) is -1.38. The van der Waals surface area contributed by atoms with Crippen molar-refractivity contribution in [3.05, 3.63) is 89.0 Å².